The average molecular weight is 465 g/mol. The summed E-state index contributed by atoms with van der Waals surface area (Å²) in [6, 6.07) is 26.2. The van der Waals surface area contributed by atoms with Crippen molar-refractivity contribution in [2.45, 2.75) is 19.3 Å². The maximum Gasteiger partial charge on any atom is 0.149 e. The van der Waals surface area contributed by atoms with Crippen molar-refractivity contribution in [1.29, 1.82) is 0 Å². The van der Waals surface area contributed by atoms with Crippen LogP contribution in [-0.4, -0.2) is 19.1 Å². The lowest BCUT2D eigenvalue weighted by atomic mass is 9.84. The number of halogens is 2. The van der Waals surface area contributed by atoms with Crippen molar-refractivity contribution in [1.82, 2.24) is 19.1 Å². The van der Waals surface area contributed by atoms with Crippen molar-refractivity contribution in [2.75, 3.05) is 0 Å². The Kier molecular flexibility index (Phi) is 4.78. The first-order valence-corrected chi connectivity index (χ1v) is 11.4. The fraction of sp³-hybridized carbons (Fsp3) is 0.103. The van der Waals surface area contributed by atoms with E-state index in [4.69, 9.17) is 9.97 Å². The fourth-order valence-electron chi connectivity index (χ4n) is 4.60. The van der Waals surface area contributed by atoms with Gasteiger partial charge in [-0.3, -0.25) is 9.13 Å². The molecule has 0 atom stereocenters. The predicted molar refractivity (Wildman–Crippen MR) is 134 cm³/mol. The number of hydrogen-bond acceptors (Lipinski definition) is 2. The minimum atomic E-state index is -0.560. The fourth-order valence-corrected chi connectivity index (χ4v) is 4.60. The smallest absolute Gasteiger partial charge is 0.149 e. The zero-order chi connectivity index (χ0) is 24.2. The van der Waals surface area contributed by atoms with Gasteiger partial charge in [0, 0.05) is 28.6 Å². The highest BCUT2D eigenvalue weighted by atomic mass is 19.1. The van der Waals surface area contributed by atoms with E-state index in [1.807, 2.05) is 86.6 Å². The topological polar surface area (TPSA) is 35.6 Å². The molecule has 0 saturated carbocycles. The van der Waals surface area contributed by atoms with Gasteiger partial charge < -0.3 is 0 Å². The van der Waals surface area contributed by atoms with Crippen LogP contribution in [0.25, 0.3) is 33.4 Å². The molecule has 0 saturated heterocycles. The van der Waals surface area contributed by atoms with Gasteiger partial charge in [0.25, 0.3) is 0 Å². The summed E-state index contributed by atoms with van der Waals surface area (Å²) in [5.74, 6) is 0.691. The van der Waals surface area contributed by atoms with Crippen LogP contribution in [0.3, 0.4) is 0 Å². The van der Waals surface area contributed by atoms with Crippen molar-refractivity contribution >= 4 is 21.8 Å². The highest BCUT2D eigenvalue weighted by Gasteiger charge is 2.27. The van der Waals surface area contributed by atoms with Crippen LogP contribution in [0.4, 0.5) is 8.78 Å². The number of pyridine rings is 2. The molecule has 0 amide bonds. The summed E-state index contributed by atoms with van der Waals surface area (Å²) in [7, 11) is 0. The van der Waals surface area contributed by atoms with E-state index in [1.165, 1.54) is 12.4 Å². The lowest BCUT2D eigenvalue weighted by Gasteiger charge is -2.25. The molecule has 172 valence electrons. The molecule has 6 rings (SSSR count). The number of aromatic nitrogens is 4. The summed E-state index contributed by atoms with van der Waals surface area (Å²) in [6.07, 6.45) is 2.93. The van der Waals surface area contributed by atoms with Crippen molar-refractivity contribution in [3.05, 3.63) is 120 Å². The van der Waals surface area contributed by atoms with Gasteiger partial charge >= 0.3 is 0 Å². The molecular formula is C29H22F2N4. The number of fused-ring (bicyclic) bond motifs is 2. The van der Waals surface area contributed by atoms with E-state index in [2.05, 4.69) is 0 Å². The van der Waals surface area contributed by atoms with Gasteiger partial charge in [-0.2, -0.15) is 0 Å². The van der Waals surface area contributed by atoms with Crippen LogP contribution in [0.5, 0.6) is 0 Å². The van der Waals surface area contributed by atoms with Crippen LogP contribution in [0, 0.1) is 11.6 Å². The molecular weight excluding hydrogens is 442 g/mol. The Bertz CT molecular complexity index is 1590. The first-order chi connectivity index (χ1) is 16.9. The molecule has 0 aliphatic rings. The largest absolute Gasteiger partial charge is 0.298 e. The Morgan fingerprint density at radius 1 is 0.571 bits per heavy atom. The Morgan fingerprint density at radius 3 is 1.46 bits per heavy atom. The maximum atomic E-state index is 14.5. The lowest BCUT2D eigenvalue weighted by molar-refractivity contribution is 0.591. The predicted octanol–water partition coefficient (Wildman–Crippen LogP) is 6.97. The van der Waals surface area contributed by atoms with E-state index < -0.39 is 5.41 Å². The van der Waals surface area contributed by atoms with Crippen molar-refractivity contribution in [3.63, 3.8) is 0 Å². The van der Waals surface area contributed by atoms with Gasteiger partial charge in [0.05, 0.1) is 22.4 Å². The van der Waals surface area contributed by atoms with Gasteiger partial charge in [0.1, 0.15) is 23.3 Å². The average Bonchev–Trinajstić information content (AvgIpc) is 3.41. The minimum absolute atomic E-state index is 0.285. The van der Waals surface area contributed by atoms with Crippen molar-refractivity contribution < 1.29 is 8.78 Å². The zero-order valence-corrected chi connectivity index (χ0v) is 19.3. The van der Waals surface area contributed by atoms with E-state index in [-0.39, 0.29) is 11.6 Å². The first-order valence-electron chi connectivity index (χ1n) is 11.4. The van der Waals surface area contributed by atoms with E-state index in [9.17, 15) is 8.78 Å². The van der Waals surface area contributed by atoms with Gasteiger partial charge in [-0.05, 0) is 62.4 Å². The molecule has 6 heteroatoms. The number of rotatable bonds is 4. The van der Waals surface area contributed by atoms with Crippen molar-refractivity contribution in [2.24, 2.45) is 0 Å². The second-order valence-corrected chi connectivity index (χ2v) is 9.12. The van der Waals surface area contributed by atoms with Crippen LogP contribution in [0.1, 0.15) is 25.2 Å². The monoisotopic (exact) mass is 464 g/mol. The van der Waals surface area contributed by atoms with Gasteiger partial charge in [-0.25, -0.2) is 18.7 Å². The third kappa shape index (κ3) is 3.41. The molecule has 0 bridgehead atoms. The van der Waals surface area contributed by atoms with Gasteiger partial charge in [0.2, 0.25) is 0 Å². The molecule has 4 nitrogen and oxygen atoms in total. The highest BCUT2D eigenvalue weighted by molar-refractivity contribution is 5.83. The van der Waals surface area contributed by atoms with Crippen LogP contribution >= 0.6 is 0 Å². The third-order valence-electron chi connectivity index (χ3n) is 6.57. The molecule has 2 aromatic carbocycles. The number of para-hydroxylation sites is 2. The summed E-state index contributed by atoms with van der Waals surface area (Å²) in [4.78, 5) is 9.80. The quantitative estimate of drug-likeness (QED) is 0.282. The second-order valence-electron chi connectivity index (χ2n) is 9.12. The van der Waals surface area contributed by atoms with Crippen LogP contribution < -0.4 is 0 Å². The highest BCUT2D eigenvalue weighted by Crippen LogP contribution is 2.32. The van der Waals surface area contributed by atoms with Gasteiger partial charge in [0.15, 0.2) is 0 Å². The maximum absolute atomic E-state index is 14.5. The van der Waals surface area contributed by atoms with Crippen LogP contribution in [0.2, 0.25) is 0 Å². The van der Waals surface area contributed by atoms with Gasteiger partial charge in [-0.1, -0.05) is 36.4 Å². The van der Waals surface area contributed by atoms with Crippen LogP contribution in [-0.2, 0) is 5.41 Å². The molecule has 0 unspecified atom stereocenters. The summed E-state index contributed by atoms with van der Waals surface area (Å²) in [5, 5.41) is 1.11. The van der Waals surface area contributed by atoms with E-state index in [0.717, 1.165) is 22.4 Å². The molecule has 35 heavy (non-hydrogen) atoms. The third-order valence-corrected chi connectivity index (χ3v) is 6.57. The summed E-state index contributed by atoms with van der Waals surface area (Å²) >= 11 is 0. The van der Waals surface area contributed by atoms with E-state index in [0.29, 0.717) is 22.4 Å². The van der Waals surface area contributed by atoms with Crippen molar-refractivity contribution in [3.8, 4) is 11.6 Å². The number of nitrogens with zero attached hydrogens (tertiary/aromatic N) is 4. The van der Waals surface area contributed by atoms with Crippen LogP contribution in [0.15, 0.2) is 97.3 Å². The molecule has 0 radical (unpaired) electrons. The first kappa shape index (κ1) is 21.2. The summed E-state index contributed by atoms with van der Waals surface area (Å²) in [6.45, 7) is 4.10. The molecule has 0 fully saturated rings. The summed E-state index contributed by atoms with van der Waals surface area (Å²) in [5.41, 5.74) is 2.54. The Balaban J connectivity index is 1.44. The van der Waals surface area contributed by atoms with E-state index >= 15 is 0 Å². The van der Waals surface area contributed by atoms with Gasteiger partial charge in [-0.15, -0.1) is 0 Å². The number of benzene rings is 2. The molecule has 0 aliphatic heterocycles. The molecule has 0 aliphatic carbocycles. The Morgan fingerprint density at radius 2 is 1.00 bits per heavy atom. The zero-order valence-electron chi connectivity index (χ0n) is 19.3. The Labute approximate surface area is 201 Å². The second kappa shape index (κ2) is 7.87. The Hall–Kier alpha value is -4.32. The summed E-state index contributed by atoms with van der Waals surface area (Å²) < 4.78 is 32.6. The number of hydrogen-bond donors (Lipinski definition) is 0. The lowest BCUT2D eigenvalue weighted by Crippen LogP contribution is -2.23. The molecule has 4 aromatic heterocycles. The SMILES string of the molecule is CC(C)(c1cccc(-n2cc(F)c3ccccc32)n1)c1cccc(-n2cc(F)c3ccccc32)n1. The molecule has 0 spiro atoms. The molecule has 0 N–H and O–H groups in total. The standard InChI is InChI=1S/C29H22F2N4/c1-29(2,25-13-7-15-27(32-25)34-17-21(30)19-9-3-5-11-23(19)34)26-14-8-16-28(33-26)35-18-22(31)20-10-4-6-12-24(20)35/h3-18H,1-2H3. The molecule has 6 aromatic rings. The normalized spacial score (nSPS) is 12.0. The molecule has 4 heterocycles. The van der Waals surface area contributed by atoms with E-state index in [1.54, 1.807) is 21.3 Å². The minimum Gasteiger partial charge on any atom is -0.298 e.